The fraction of sp³-hybridized carbons (Fsp3) is 0.154. The summed E-state index contributed by atoms with van der Waals surface area (Å²) in [7, 11) is 0. The van der Waals surface area contributed by atoms with Gasteiger partial charge in [0, 0.05) is 0 Å². The van der Waals surface area contributed by atoms with E-state index in [9.17, 15) is 4.79 Å². The number of aromatic nitrogens is 2. The van der Waals surface area contributed by atoms with Gasteiger partial charge in [-0.1, -0.05) is 41.7 Å². The van der Waals surface area contributed by atoms with Gasteiger partial charge in [0.05, 0.1) is 25.7 Å². The lowest BCUT2D eigenvalue weighted by molar-refractivity contribution is 0.207. The number of benzene rings is 3. The summed E-state index contributed by atoms with van der Waals surface area (Å²) in [6.07, 6.45) is 1.88. The van der Waals surface area contributed by atoms with Crippen LogP contribution in [0.5, 0.6) is 17.2 Å². The molecule has 6 nitrogen and oxygen atoms in total. The number of imidazole rings is 1. The Bertz CT molecular complexity index is 1560. The number of para-hydroxylation sites is 3. The van der Waals surface area contributed by atoms with Gasteiger partial charge in [0.15, 0.2) is 16.5 Å². The molecule has 0 unspecified atom stereocenters. The van der Waals surface area contributed by atoms with Crippen molar-refractivity contribution in [2.75, 3.05) is 19.8 Å². The Kier molecular flexibility index (Phi) is 6.68. The Morgan fingerprint density at radius 2 is 1.76 bits per heavy atom. The standard InChI is InChI=1S/C26H21IN2O4S/c1-2-31-22-15-17(14-19(27)24(22)33-13-12-32-18-8-4-3-5-9-18)16-23-25(30)29-21-11-7-6-10-20(21)28-26(29)34-23/h3-11,14-16H,2,12-13H2,1H3/b23-16-. The van der Waals surface area contributed by atoms with Crippen LogP contribution in [0.3, 0.4) is 0 Å². The molecule has 0 saturated heterocycles. The highest BCUT2D eigenvalue weighted by molar-refractivity contribution is 14.1. The van der Waals surface area contributed by atoms with Crippen molar-refractivity contribution in [2.24, 2.45) is 0 Å². The zero-order valence-corrected chi connectivity index (χ0v) is 21.3. The summed E-state index contributed by atoms with van der Waals surface area (Å²) < 4.78 is 20.8. The quantitative estimate of drug-likeness (QED) is 0.192. The maximum atomic E-state index is 13.1. The molecule has 8 heteroatoms. The molecule has 0 radical (unpaired) electrons. The molecular weight excluding hydrogens is 563 g/mol. The molecule has 5 rings (SSSR count). The van der Waals surface area contributed by atoms with Gasteiger partial charge in [-0.15, -0.1) is 0 Å². The van der Waals surface area contributed by atoms with E-state index in [1.807, 2.05) is 79.7 Å². The van der Waals surface area contributed by atoms with E-state index < -0.39 is 0 Å². The van der Waals surface area contributed by atoms with Crippen molar-refractivity contribution in [3.8, 4) is 17.2 Å². The first kappa shape index (κ1) is 22.7. The molecule has 2 heterocycles. The smallest absolute Gasteiger partial charge is 0.274 e. The van der Waals surface area contributed by atoms with E-state index in [0.717, 1.165) is 25.9 Å². The molecule has 3 aromatic carbocycles. The predicted molar refractivity (Wildman–Crippen MR) is 143 cm³/mol. The molecule has 0 atom stereocenters. The predicted octanol–water partition coefficient (Wildman–Crippen LogP) is 4.92. The van der Waals surface area contributed by atoms with E-state index >= 15 is 0 Å². The average Bonchev–Trinajstić information content (AvgIpc) is 3.35. The fourth-order valence-electron chi connectivity index (χ4n) is 3.66. The van der Waals surface area contributed by atoms with E-state index in [-0.39, 0.29) is 5.56 Å². The highest BCUT2D eigenvalue weighted by Gasteiger charge is 2.14. The van der Waals surface area contributed by atoms with Crippen LogP contribution in [-0.2, 0) is 0 Å². The van der Waals surface area contributed by atoms with E-state index in [2.05, 4.69) is 27.6 Å². The van der Waals surface area contributed by atoms with Gasteiger partial charge in [-0.25, -0.2) is 9.38 Å². The highest BCUT2D eigenvalue weighted by Crippen LogP contribution is 2.34. The molecule has 5 aromatic rings. The van der Waals surface area contributed by atoms with E-state index in [4.69, 9.17) is 14.2 Å². The molecule has 2 aromatic heterocycles. The molecule has 0 aliphatic heterocycles. The zero-order chi connectivity index (χ0) is 23.5. The molecule has 0 bridgehead atoms. The summed E-state index contributed by atoms with van der Waals surface area (Å²) in [5, 5.41) is 0. The van der Waals surface area contributed by atoms with Crippen molar-refractivity contribution in [2.45, 2.75) is 6.92 Å². The third kappa shape index (κ3) is 4.60. The first-order valence-corrected chi connectivity index (χ1v) is 12.7. The van der Waals surface area contributed by atoms with Crippen LogP contribution < -0.4 is 24.3 Å². The van der Waals surface area contributed by atoms with Crippen LogP contribution >= 0.6 is 33.9 Å². The maximum Gasteiger partial charge on any atom is 0.274 e. The summed E-state index contributed by atoms with van der Waals surface area (Å²) in [4.78, 5) is 18.4. The summed E-state index contributed by atoms with van der Waals surface area (Å²) in [5.74, 6) is 2.12. The van der Waals surface area contributed by atoms with Gasteiger partial charge in [-0.3, -0.25) is 4.79 Å². The third-order valence-electron chi connectivity index (χ3n) is 5.12. The third-order valence-corrected chi connectivity index (χ3v) is 6.89. The van der Waals surface area contributed by atoms with Crippen LogP contribution in [0.4, 0.5) is 0 Å². The van der Waals surface area contributed by atoms with Gasteiger partial charge in [0.2, 0.25) is 0 Å². The fourth-order valence-corrected chi connectivity index (χ4v) is 5.43. The molecule has 0 spiro atoms. The second kappa shape index (κ2) is 10.0. The minimum Gasteiger partial charge on any atom is -0.490 e. The molecule has 172 valence electrons. The number of fused-ring (bicyclic) bond motifs is 3. The van der Waals surface area contributed by atoms with E-state index in [1.165, 1.54) is 11.3 Å². The second-order valence-corrected chi connectivity index (χ2v) is 9.58. The molecule has 0 amide bonds. The largest absolute Gasteiger partial charge is 0.490 e. The summed E-state index contributed by atoms with van der Waals surface area (Å²) in [6, 6.07) is 21.2. The lowest BCUT2D eigenvalue weighted by atomic mass is 10.2. The van der Waals surface area contributed by atoms with Crippen molar-refractivity contribution in [3.63, 3.8) is 0 Å². The van der Waals surface area contributed by atoms with E-state index in [0.29, 0.717) is 40.8 Å². The van der Waals surface area contributed by atoms with Crippen molar-refractivity contribution < 1.29 is 14.2 Å². The monoisotopic (exact) mass is 584 g/mol. The zero-order valence-electron chi connectivity index (χ0n) is 18.4. The number of halogens is 1. The topological polar surface area (TPSA) is 62.1 Å². The normalized spacial score (nSPS) is 11.9. The number of rotatable bonds is 8. The van der Waals surface area contributed by atoms with Gasteiger partial charge >= 0.3 is 0 Å². The summed E-state index contributed by atoms with van der Waals surface area (Å²) in [5.41, 5.74) is 2.44. The molecule has 0 N–H and O–H groups in total. The molecule has 0 aliphatic rings. The first-order chi connectivity index (χ1) is 16.6. The van der Waals surface area contributed by atoms with Crippen molar-refractivity contribution >= 4 is 56.0 Å². The Morgan fingerprint density at radius 1 is 1.00 bits per heavy atom. The Hall–Kier alpha value is -3.11. The van der Waals surface area contributed by atoms with Crippen molar-refractivity contribution in [3.05, 3.63) is 90.7 Å². The van der Waals surface area contributed by atoms with E-state index in [1.54, 1.807) is 4.40 Å². The first-order valence-electron chi connectivity index (χ1n) is 10.8. The van der Waals surface area contributed by atoms with Gasteiger partial charge < -0.3 is 14.2 Å². The molecular formula is C26H21IN2O4S. The van der Waals surface area contributed by atoms with Crippen molar-refractivity contribution in [1.82, 2.24) is 9.38 Å². The van der Waals surface area contributed by atoms with Crippen LogP contribution in [0.1, 0.15) is 12.5 Å². The number of nitrogens with zero attached hydrogens (tertiary/aromatic N) is 2. The average molecular weight is 584 g/mol. The second-order valence-electron chi connectivity index (χ2n) is 7.41. The summed E-state index contributed by atoms with van der Waals surface area (Å²) >= 11 is 3.61. The van der Waals surface area contributed by atoms with Gasteiger partial charge in [0.1, 0.15) is 19.0 Å². The lowest BCUT2D eigenvalue weighted by Gasteiger charge is -2.15. The number of thiazole rings is 1. The minimum absolute atomic E-state index is 0.0694. The maximum absolute atomic E-state index is 13.1. The number of hydrogen-bond donors (Lipinski definition) is 0. The van der Waals surface area contributed by atoms with Gasteiger partial charge in [-0.05, 0) is 77.6 Å². The molecule has 34 heavy (non-hydrogen) atoms. The van der Waals surface area contributed by atoms with Crippen LogP contribution in [0.25, 0.3) is 22.1 Å². The van der Waals surface area contributed by atoms with Crippen molar-refractivity contribution in [1.29, 1.82) is 0 Å². The van der Waals surface area contributed by atoms with Crippen LogP contribution in [-0.4, -0.2) is 29.2 Å². The van der Waals surface area contributed by atoms with Gasteiger partial charge in [0.25, 0.3) is 5.56 Å². The molecule has 0 saturated carbocycles. The number of ether oxygens (including phenoxy) is 3. The highest BCUT2D eigenvalue weighted by atomic mass is 127. The van der Waals surface area contributed by atoms with Crippen LogP contribution in [0, 0.1) is 3.57 Å². The van der Waals surface area contributed by atoms with Gasteiger partial charge in [-0.2, -0.15) is 0 Å². The molecule has 0 fully saturated rings. The van der Waals surface area contributed by atoms with Crippen LogP contribution in [0.2, 0.25) is 0 Å². The Balaban J connectivity index is 1.42. The lowest BCUT2D eigenvalue weighted by Crippen LogP contribution is -2.22. The minimum atomic E-state index is -0.0694. The Morgan fingerprint density at radius 3 is 2.59 bits per heavy atom. The Labute approximate surface area is 213 Å². The summed E-state index contributed by atoms with van der Waals surface area (Å²) in [6.45, 7) is 3.23. The number of hydrogen-bond acceptors (Lipinski definition) is 6. The SMILES string of the molecule is CCOc1cc(/C=c2\sc3nc4ccccc4n3c2=O)cc(I)c1OCCOc1ccccc1. The molecule has 0 aliphatic carbocycles. The van der Waals surface area contributed by atoms with Crippen LogP contribution in [0.15, 0.2) is 71.5 Å².